The van der Waals surface area contributed by atoms with Crippen LogP contribution in [0.25, 0.3) is 21.8 Å². The summed E-state index contributed by atoms with van der Waals surface area (Å²) in [5.41, 5.74) is 3.44. The van der Waals surface area contributed by atoms with E-state index in [1.54, 1.807) is 0 Å². The molecule has 0 spiro atoms. The van der Waals surface area contributed by atoms with E-state index >= 15 is 0 Å². The fourth-order valence-corrected chi connectivity index (χ4v) is 3.86. The molecule has 0 aliphatic rings. The predicted octanol–water partition coefficient (Wildman–Crippen LogP) is 5.39. The number of hydrogen-bond acceptors (Lipinski definition) is 2. The molecule has 0 N–H and O–H groups in total. The largest absolute Gasteiger partial charge is 0.328 e. The van der Waals surface area contributed by atoms with E-state index in [1.807, 2.05) is 18.2 Å². The zero-order valence-corrected chi connectivity index (χ0v) is 16.6. The summed E-state index contributed by atoms with van der Waals surface area (Å²) >= 11 is 6.27. The van der Waals surface area contributed by atoms with Gasteiger partial charge in [0.15, 0.2) is 0 Å². The van der Waals surface area contributed by atoms with Gasteiger partial charge in [-0.2, -0.15) is 0 Å². The van der Waals surface area contributed by atoms with E-state index in [0.717, 1.165) is 47.8 Å². The summed E-state index contributed by atoms with van der Waals surface area (Å²) in [6, 6.07) is 21.0. The fourth-order valence-electron chi connectivity index (χ4n) is 3.69. The number of aromatic nitrogens is 2. The standard InChI is InChI=1S/C23H24ClN3/c1-26(2)13-6-14-27-22-16-19(24)11-12-21(22)25-23(27)15-18-9-5-8-17-7-3-4-10-20(17)18/h3-5,7-12,16H,6,13-15H2,1-2H3. The summed E-state index contributed by atoms with van der Waals surface area (Å²) in [6.45, 7) is 1.99. The molecule has 3 aromatic carbocycles. The molecule has 0 unspecified atom stereocenters. The number of hydrogen-bond donors (Lipinski definition) is 0. The summed E-state index contributed by atoms with van der Waals surface area (Å²) in [5, 5.41) is 3.33. The van der Waals surface area contributed by atoms with Crippen LogP contribution in [-0.4, -0.2) is 35.1 Å². The number of fused-ring (bicyclic) bond motifs is 2. The molecule has 0 atom stereocenters. The molecule has 138 valence electrons. The Kier molecular flexibility index (Phi) is 5.15. The Morgan fingerprint density at radius 2 is 1.81 bits per heavy atom. The molecular formula is C23H24ClN3. The first-order chi connectivity index (χ1) is 13.1. The van der Waals surface area contributed by atoms with E-state index in [1.165, 1.54) is 16.3 Å². The molecule has 0 aliphatic heterocycles. The summed E-state index contributed by atoms with van der Waals surface area (Å²) in [4.78, 5) is 7.16. The SMILES string of the molecule is CN(C)CCCn1c(Cc2cccc3ccccc23)nc2ccc(Cl)cc21. The van der Waals surface area contributed by atoms with Gasteiger partial charge in [-0.1, -0.05) is 54.1 Å². The van der Waals surface area contributed by atoms with Crippen molar-refractivity contribution in [3.63, 3.8) is 0 Å². The van der Waals surface area contributed by atoms with Gasteiger partial charge in [-0.05, 0) is 61.6 Å². The van der Waals surface area contributed by atoms with E-state index in [0.29, 0.717) is 0 Å². The Morgan fingerprint density at radius 3 is 2.67 bits per heavy atom. The molecule has 0 fully saturated rings. The Labute approximate surface area is 165 Å². The van der Waals surface area contributed by atoms with Crippen LogP contribution in [0.2, 0.25) is 5.02 Å². The lowest BCUT2D eigenvalue weighted by Crippen LogP contribution is -2.16. The van der Waals surface area contributed by atoms with E-state index in [-0.39, 0.29) is 0 Å². The highest BCUT2D eigenvalue weighted by Gasteiger charge is 2.13. The fraction of sp³-hybridized carbons (Fsp3) is 0.261. The van der Waals surface area contributed by atoms with Crippen molar-refractivity contribution in [3.05, 3.63) is 77.1 Å². The number of imidazole rings is 1. The minimum atomic E-state index is 0.757. The first-order valence-corrected chi connectivity index (χ1v) is 9.75. The lowest BCUT2D eigenvalue weighted by Gasteiger charge is -2.13. The van der Waals surface area contributed by atoms with Crippen molar-refractivity contribution in [2.24, 2.45) is 0 Å². The van der Waals surface area contributed by atoms with Gasteiger partial charge in [-0.15, -0.1) is 0 Å². The van der Waals surface area contributed by atoms with E-state index in [2.05, 4.69) is 66.0 Å². The summed E-state index contributed by atoms with van der Waals surface area (Å²) in [6.07, 6.45) is 1.89. The molecule has 3 nitrogen and oxygen atoms in total. The highest BCUT2D eigenvalue weighted by molar-refractivity contribution is 6.31. The van der Waals surface area contributed by atoms with Gasteiger partial charge in [0.25, 0.3) is 0 Å². The van der Waals surface area contributed by atoms with Gasteiger partial charge in [0.2, 0.25) is 0 Å². The van der Waals surface area contributed by atoms with Gasteiger partial charge in [0.05, 0.1) is 11.0 Å². The summed E-state index contributed by atoms with van der Waals surface area (Å²) in [5.74, 6) is 1.10. The third-order valence-corrected chi connectivity index (χ3v) is 5.24. The van der Waals surface area contributed by atoms with Gasteiger partial charge >= 0.3 is 0 Å². The van der Waals surface area contributed by atoms with Crippen LogP contribution in [-0.2, 0) is 13.0 Å². The minimum absolute atomic E-state index is 0.757. The molecule has 4 rings (SSSR count). The Balaban J connectivity index is 1.75. The zero-order valence-electron chi connectivity index (χ0n) is 15.8. The molecular weight excluding hydrogens is 354 g/mol. The second-order valence-corrected chi connectivity index (χ2v) is 7.72. The van der Waals surface area contributed by atoms with Crippen molar-refractivity contribution < 1.29 is 0 Å². The van der Waals surface area contributed by atoms with E-state index in [9.17, 15) is 0 Å². The number of benzene rings is 3. The highest BCUT2D eigenvalue weighted by atomic mass is 35.5. The van der Waals surface area contributed by atoms with Gasteiger partial charge in [-0.3, -0.25) is 0 Å². The lowest BCUT2D eigenvalue weighted by atomic mass is 10.0. The molecule has 0 amide bonds. The maximum Gasteiger partial charge on any atom is 0.114 e. The normalized spacial score (nSPS) is 11.7. The maximum atomic E-state index is 6.27. The molecule has 0 radical (unpaired) electrons. The Bertz CT molecular complexity index is 1080. The molecule has 0 bridgehead atoms. The molecule has 4 aromatic rings. The van der Waals surface area contributed by atoms with Gasteiger partial charge < -0.3 is 9.47 Å². The van der Waals surface area contributed by atoms with Gasteiger partial charge in [0, 0.05) is 18.0 Å². The number of nitrogens with zero attached hydrogens (tertiary/aromatic N) is 3. The van der Waals surface area contributed by atoms with Crippen molar-refractivity contribution in [2.45, 2.75) is 19.4 Å². The van der Waals surface area contributed by atoms with Crippen molar-refractivity contribution in [2.75, 3.05) is 20.6 Å². The van der Waals surface area contributed by atoms with E-state index < -0.39 is 0 Å². The number of aryl methyl sites for hydroxylation is 1. The minimum Gasteiger partial charge on any atom is -0.328 e. The smallest absolute Gasteiger partial charge is 0.114 e. The van der Waals surface area contributed by atoms with Crippen LogP contribution in [0, 0.1) is 0 Å². The molecule has 1 aromatic heterocycles. The van der Waals surface area contributed by atoms with Gasteiger partial charge in [0.1, 0.15) is 5.82 Å². The first-order valence-electron chi connectivity index (χ1n) is 9.38. The van der Waals surface area contributed by atoms with Crippen molar-refractivity contribution in [1.82, 2.24) is 14.5 Å². The molecule has 4 heteroatoms. The maximum absolute atomic E-state index is 6.27. The second kappa shape index (κ2) is 7.71. The second-order valence-electron chi connectivity index (χ2n) is 7.28. The van der Waals surface area contributed by atoms with Crippen molar-refractivity contribution in [3.8, 4) is 0 Å². The van der Waals surface area contributed by atoms with Crippen LogP contribution in [0.1, 0.15) is 17.8 Å². The molecule has 1 heterocycles. The third-order valence-electron chi connectivity index (χ3n) is 5.00. The van der Waals surface area contributed by atoms with Gasteiger partial charge in [-0.25, -0.2) is 4.98 Å². The van der Waals surface area contributed by atoms with Crippen LogP contribution in [0.15, 0.2) is 60.7 Å². The quantitative estimate of drug-likeness (QED) is 0.449. The van der Waals surface area contributed by atoms with Crippen LogP contribution >= 0.6 is 11.6 Å². The lowest BCUT2D eigenvalue weighted by molar-refractivity contribution is 0.386. The monoisotopic (exact) mass is 377 g/mol. The van der Waals surface area contributed by atoms with Crippen LogP contribution in [0.5, 0.6) is 0 Å². The van der Waals surface area contributed by atoms with E-state index in [4.69, 9.17) is 16.6 Å². The van der Waals surface area contributed by atoms with Crippen LogP contribution < -0.4 is 0 Å². The first kappa shape index (κ1) is 18.0. The molecule has 27 heavy (non-hydrogen) atoms. The average molecular weight is 378 g/mol. The Morgan fingerprint density at radius 1 is 1.00 bits per heavy atom. The topological polar surface area (TPSA) is 21.1 Å². The summed E-state index contributed by atoms with van der Waals surface area (Å²) < 4.78 is 2.34. The Hall–Kier alpha value is -2.36. The zero-order chi connectivity index (χ0) is 18.8. The molecule has 0 saturated heterocycles. The summed E-state index contributed by atoms with van der Waals surface area (Å²) in [7, 11) is 4.22. The van der Waals surface area contributed by atoms with Crippen molar-refractivity contribution >= 4 is 33.4 Å². The molecule has 0 aliphatic carbocycles. The van der Waals surface area contributed by atoms with Crippen LogP contribution in [0.3, 0.4) is 0 Å². The molecule has 0 saturated carbocycles. The number of halogens is 1. The van der Waals surface area contributed by atoms with Crippen molar-refractivity contribution in [1.29, 1.82) is 0 Å². The van der Waals surface area contributed by atoms with Crippen LogP contribution in [0.4, 0.5) is 0 Å². The third kappa shape index (κ3) is 3.85. The highest BCUT2D eigenvalue weighted by Crippen LogP contribution is 2.25. The average Bonchev–Trinajstić information content (AvgIpc) is 2.98. The number of rotatable bonds is 6. The predicted molar refractivity (Wildman–Crippen MR) is 115 cm³/mol.